The van der Waals surface area contributed by atoms with Gasteiger partial charge in [0.2, 0.25) is 0 Å². The summed E-state index contributed by atoms with van der Waals surface area (Å²) in [4.78, 5) is 0. The number of nitrogens with zero attached hydrogens (tertiary/aromatic N) is 1. The Morgan fingerprint density at radius 1 is 1.17 bits per heavy atom. The molecule has 2 unspecified atom stereocenters. The second-order valence-corrected chi connectivity index (χ2v) is 8.80. The topological polar surface area (TPSA) is 34.3 Å². The third-order valence-corrected chi connectivity index (χ3v) is 5.00. The van der Waals surface area contributed by atoms with Gasteiger partial charge >= 0.3 is 35.6 Å². The van der Waals surface area contributed by atoms with E-state index in [4.69, 9.17) is 18.6 Å². The summed E-state index contributed by atoms with van der Waals surface area (Å²) in [5.74, 6) is 0.375. The third-order valence-electron chi connectivity index (χ3n) is 3.38. The number of rotatable bonds is 5. The van der Waals surface area contributed by atoms with Crippen molar-refractivity contribution in [1.29, 1.82) is 0 Å². The molecule has 0 heterocycles. The number of hydrogen-bond acceptors (Lipinski definition) is 1. The van der Waals surface area contributed by atoms with E-state index in [2.05, 4.69) is 44.3 Å². The molecule has 2 atom stereocenters. The molecule has 0 aromatic heterocycles. The molecule has 0 bridgehead atoms. The van der Waals surface area contributed by atoms with Crippen molar-refractivity contribution in [2.45, 2.75) is 26.8 Å². The number of aromatic hydroxyl groups is 1. The number of para-hydroxylation sites is 1. The van der Waals surface area contributed by atoms with Crippen molar-refractivity contribution in [1.82, 2.24) is 0 Å². The third kappa shape index (κ3) is 6.74. The predicted octanol–water partition coefficient (Wildman–Crippen LogP) is 5.16. The van der Waals surface area contributed by atoms with Gasteiger partial charge in [0.15, 0.2) is 0 Å². The Labute approximate surface area is 157 Å². The van der Waals surface area contributed by atoms with E-state index in [1.165, 1.54) is 16.4 Å². The molecular formula is C17H21Cl2NOPTi-. The van der Waals surface area contributed by atoms with E-state index in [-0.39, 0.29) is 6.04 Å². The van der Waals surface area contributed by atoms with Gasteiger partial charge in [-0.05, 0) is 23.9 Å². The maximum absolute atomic E-state index is 9.98. The Morgan fingerprint density at radius 2 is 1.83 bits per heavy atom. The van der Waals surface area contributed by atoms with Crippen molar-refractivity contribution in [3.8, 4) is 5.75 Å². The van der Waals surface area contributed by atoms with Gasteiger partial charge < -0.3 is 10.4 Å². The Morgan fingerprint density at radius 3 is 2.43 bits per heavy atom. The van der Waals surface area contributed by atoms with Gasteiger partial charge in [0.1, 0.15) is 5.75 Å². The standard InChI is InChI=1S/C17H21NOP.2ClH.Ti/c1-4-18-13(3)14-9-7-8-12(2)17(14)20-16-11-6-5-10-15(16)19;;;/h5-11,13,19-20H,4H2,1-3H3;2*1H;/q-1;;;+2/p-2. The predicted molar refractivity (Wildman–Crippen MR) is 101 cm³/mol. The molecular weight excluding hydrogens is 384 g/mol. The van der Waals surface area contributed by atoms with Crippen LogP contribution in [0.15, 0.2) is 42.5 Å². The molecule has 0 saturated carbocycles. The number of aryl methyl sites for hydroxylation is 1. The van der Waals surface area contributed by atoms with Crippen molar-refractivity contribution in [2.75, 3.05) is 6.54 Å². The van der Waals surface area contributed by atoms with Crippen molar-refractivity contribution in [2.24, 2.45) is 0 Å². The summed E-state index contributed by atoms with van der Waals surface area (Å²) in [6.45, 7) is 7.16. The van der Waals surface area contributed by atoms with Crippen LogP contribution in [0.4, 0.5) is 0 Å². The molecule has 0 radical (unpaired) electrons. The fourth-order valence-electron chi connectivity index (χ4n) is 2.30. The van der Waals surface area contributed by atoms with Crippen LogP contribution in [0, 0.1) is 6.92 Å². The van der Waals surface area contributed by atoms with Crippen LogP contribution >= 0.6 is 27.2 Å². The molecule has 0 aliphatic carbocycles. The molecule has 0 aliphatic rings. The van der Waals surface area contributed by atoms with E-state index >= 15 is 0 Å². The van der Waals surface area contributed by atoms with Crippen LogP contribution < -0.4 is 10.6 Å². The maximum atomic E-state index is 9.98. The molecule has 2 rings (SSSR count). The zero-order chi connectivity index (χ0) is 17.2. The average molecular weight is 405 g/mol. The Balaban J connectivity index is 0.000000816. The summed E-state index contributed by atoms with van der Waals surface area (Å²) in [5, 5.41) is 16.9. The Hall–Kier alpha value is -0.0757. The number of benzene rings is 2. The first-order valence-electron chi connectivity index (χ1n) is 7.32. The van der Waals surface area contributed by atoms with Crippen molar-refractivity contribution in [3.63, 3.8) is 0 Å². The van der Waals surface area contributed by atoms with Gasteiger partial charge in [-0.3, -0.25) is 0 Å². The van der Waals surface area contributed by atoms with Crippen molar-refractivity contribution in [3.05, 3.63) is 58.9 Å². The van der Waals surface area contributed by atoms with Gasteiger partial charge in [-0.25, -0.2) is 0 Å². The average Bonchev–Trinajstić information content (AvgIpc) is 2.52. The first kappa shape index (κ1) is 21.0. The van der Waals surface area contributed by atoms with E-state index in [9.17, 15) is 5.11 Å². The second kappa shape index (κ2) is 11.5. The molecule has 0 amide bonds. The van der Waals surface area contributed by atoms with Crippen LogP contribution in [0.25, 0.3) is 5.32 Å². The number of halogens is 2. The van der Waals surface area contributed by atoms with Crippen molar-refractivity contribution >= 4 is 37.8 Å². The van der Waals surface area contributed by atoms with E-state index in [1.54, 1.807) is 6.07 Å². The van der Waals surface area contributed by atoms with Gasteiger partial charge in [0.05, 0.1) is 0 Å². The number of phenols is 1. The van der Waals surface area contributed by atoms with Gasteiger partial charge in [0, 0.05) is 5.30 Å². The SMILES string of the molecule is CC[N-]C(C)c1cccc(C)c1Pc1ccccc1O.[Cl][Ti][Cl]. The molecule has 0 saturated heterocycles. The van der Waals surface area contributed by atoms with Crippen LogP contribution in [0.1, 0.15) is 31.0 Å². The van der Waals surface area contributed by atoms with Gasteiger partial charge in [-0.2, -0.15) is 6.54 Å². The van der Waals surface area contributed by atoms with Crippen molar-refractivity contribution < 1.29 is 22.1 Å². The first-order chi connectivity index (χ1) is 11.0. The van der Waals surface area contributed by atoms with Crippen LogP contribution in [0.3, 0.4) is 0 Å². The summed E-state index contributed by atoms with van der Waals surface area (Å²) in [6.07, 6.45) is 0. The van der Waals surface area contributed by atoms with E-state index < -0.39 is 17.0 Å². The minimum absolute atomic E-state index is 0.202. The van der Waals surface area contributed by atoms with E-state index in [0.717, 1.165) is 11.8 Å². The monoisotopic (exact) mass is 404 g/mol. The Bertz CT molecular complexity index is 613. The van der Waals surface area contributed by atoms with Gasteiger partial charge in [-0.1, -0.05) is 64.4 Å². The Kier molecular flexibility index (Phi) is 10.5. The van der Waals surface area contributed by atoms with E-state index in [0.29, 0.717) is 14.3 Å². The number of hydrogen-bond donors (Lipinski definition) is 1. The molecule has 0 fully saturated rings. The normalized spacial score (nSPS) is 11.9. The molecule has 23 heavy (non-hydrogen) atoms. The zero-order valence-corrected chi connectivity index (χ0v) is 17.5. The number of phenolic OH excluding ortho intramolecular Hbond substituents is 1. The van der Waals surface area contributed by atoms with Crippen LogP contribution in [0.5, 0.6) is 5.75 Å². The van der Waals surface area contributed by atoms with Crippen LogP contribution in [-0.2, 0) is 17.0 Å². The molecule has 0 aliphatic heterocycles. The summed E-state index contributed by atoms with van der Waals surface area (Å²) in [5.41, 5.74) is 2.54. The van der Waals surface area contributed by atoms with Crippen LogP contribution in [-0.4, -0.2) is 11.7 Å². The summed E-state index contributed by atoms with van der Waals surface area (Å²) in [6, 6.07) is 14.1. The molecule has 0 spiro atoms. The first-order valence-corrected chi connectivity index (χ1v) is 12.6. The molecule has 2 nitrogen and oxygen atoms in total. The quantitative estimate of drug-likeness (QED) is 0.541. The second-order valence-electron chi connectivity index (χ2n) is 4.93. The fourth-order valence-corrected chi connectivity index (χ4v) is 3.67. The molecule has 2 aromatic carbocycles. The summed E-state index contributed by atoms with van der Waals surface area (Å²) in [7, 11) is 10.2. The molecule has 6 heteroatoms. The van der Waals surface area contributed by atoms with Gasteiger partial charge in [0.25, 0.3) is 0 Å². The minimum atomic E-state index is -0.556. The zero-order valence-electron chi connectivity index (χ0n) is 13.5. The van der Waals surface area contributed by atoms with E-state index in [1.807, 2.05) is 18.2 Å². The van der Waals surface area contributed by atoms with Gasteiger partial charge in [-0.15, -0.1) is 6.04 Å². The summed E-state index contributed by atoms with van der Waals surface area (Å²) >= 11 is -0.556. The molecule has 1 N–H and O–H groups in total. The molecule has 2 aromatic rings. The summed E-state index contributed by atoms with van der Waals surface area (Å²) < 4.78 is 0. The molecule has 124 valence electrons. The fraction of sp³-hybridized carbons (Fsp3) is 0.294. The van der Waals surface area contributed by atoms with Crippen LogP contribution in [0.2, 0.25) is 0 Å².